The average molecular weight is 284 g/mol. The molecule has 2 aliphatic rings. The summed E-state index contributed by atoms with van der Waals surface area (Å²) in [6.45, 7) is 2.83. The van der Waals surface area contributed by atoms with Crippen LogP contribution in [-0.4, -0.2) is 35.7 Å². The van der Waals surface area contributed by atoms with E-state index in [2.05, 4.69) is 20.6 Å². The van der Waals surface area contributed by atoms with Gasteiger partial charge in [-0.3, -0.25) is 0 Å². The molecule has 2 heterocycles. The topological polar surface area (TPSA) is 59.1 Å². The second-order valence-corrected chi connectivity index (χ2v) is 5.95. The van der Waals surface area contributed by atoms with Crippen molar-refractivity contribution in [3.63, 3.8) is 0 Å². The summed E-state index contributed by atoms with van der Waals surface area (Å²) in [5, 5.41) is 6.80. The molecule has 1 aliphatic carbocycles. The highest BCUT2D eigenvalue weighted by Gasteiger charge is 2.24. The van der Waals surface area contributed by atoms with Crippen molar-refractivity contribution < 1.29 is 4.74 Å². The zero-order valence-corrected chi connectivity index (χ0v) is 12.0. The van der Waals surface area contributed by atoms with Crippen molar-refractivity contribution in [3.8, 4) is 5.88 Å². The molecule has 21 heavy (non-hydrogen) atoms. The third-order valence-electron chi connectivity index (χ3n) is 4.07. The predicted molar refractivity (Wildman–Crippen MR) is 82.7 cm³/mol. The number of nitrogens with zero attached hydrogens (tertiary/aromatic N) is 2. The van der Waals surface area contributed by atoms with Crippen LogP contribution >= 0.6 is 0 Å². The Morgan fingerprint density at radius 2 is 1.95 bits per heavy atom. The van der Waals surface area contributed by atoms with Crippen LogP contribution in [0.1, 0.15) is 19.3 Å². The lowest BCUT2D eigenvalue weighted by Crippen LogP contribution is -2.17. The number of hydrogen-bond acceptors (Lipinski definition) is 5. The molecule has 1 aromatic carbocycles. The molecule has 1 aromatic heterocycles. The molecule has 0 amide bonds. The van der Waals surface area contributed by atoms with Gasteiger partial charge < -0.3 is 15.4 Å². The summed E-state index contributed by atoms with van der Waals surface area (Å²) >= 11 is 0. The maximum atomic E-state index is 5.98. The van der Waals surface area contributed by atoms with Crippen LogP contribution in [0.4, 0.5) is 5.82 Å². The van der Waals surface area contributed by atoms with Crippen LogP contribution in [0.25, 0.3) is 11.0 Å². The number of anilines is 1. The third kappa shape index (κ3) is 2.93. The second-order valence-electron chi connectivity index (χ2n) is 5.95. The number of hydrogen-bond donors (Lipinski definition) is 2. The average Bonchev–Trinajstić information content (AvgIpc) is 3.17. The highest BCUT2D eigenvalue weighted by Crippen LogP contribution is 2.30. The molecule has 110 valence electrons. The van der Waals surface area contributed by atoms with Gasteiger partial charge in [0, 0.05) is 18.5 Å². The van der Waals surface area contributed by atoms with Crippen molar-refractivity contribution in [2.45, 2.75) is 25.3 Å². The molecule has 1 saturated heterocycles. The molecule has 1 atom stereocenters. The Bertz CT molecular complexity index is 635. The van der Waals surface area contributed by atoms with Gasteiger partial charge in [-0.25, -0.2) is 9.97 Å². The molecule has 4 rings (SSSR count). The Morgan fingerprint density at radius 1 is 1.14 bits per heavy atom. The van der Waals surface area contributed by atoms with E-state index in [9.17, 15) is 0 Å². The van der Waals surface area contributed by atoms with E-state index in [1.807, 2.05) is 24.3 Å². The highest BCUT2D eigenvalue weighted by atomic mass is 16.5. The summed E-state index contributed by atoms with van der Waals surface area (Å²) < 4.78 is 5.98. The summed E-state index contributed by atoms with van der Waals surface area (Å²) in [5.41, 5.74) is 1.80. The van der Waals surface area contributed by atoms with E-state index < -0.39 is 0 Å². The first-order chi connectivity index (χ1) is 10.4. The van der Waals surface area contributed by atoms with Crippen LogP contribution in [0.15, 0.2) is 24.3 Å². The molecular formula is C16H20N4O. The minimum Gasteiger partial charge on any atom is -0.475 e. The van der Waals surface area contributed by atoms with Crippen molar-refractivity contribution >= 4 is 16.9 Å². The molecular weight excluding hydrogens is 264 g/mol. The van der Waals surface area contributed by atoms with Crippen molar-refractivity contribution in [2.24, 2.45) is 5.92 Å². The van der Waals surface area contributed by atoms with E-state index >= 15 is 0 Å². The third-order valence-corrected chi connectivity index (χ3v) is 4.07. The Morgan fingerprint density at radius 3 is 2.67 bits per heavy atom. The fourth-order valence-electron chi connectivity index (χ4n) is 2.65. The predicted octanol–water partition coefficient (Wildman–Crippen LogP) is 2.19. The molecule has 0 unspecified atom stereocenters. The van der Waals surface area contributed by atoms with Crippen LogP contribution in [-0.2, 0) is 0 Å². The van der Waals surface area contributed by atoms with Crippen LogP contribution in [0.2, 0.25) is 0 Å². The van der Waals surface area contributed by atoms with Gasteiger partial charge in [0.1, 0.15) is 0 Å². The number of fused-ring (bicyclic) bond motifs is 1. The molecule has 2 fully saturated rings. The Kier molecular flexibility index (Phi) is 3.35. The number of benzene rings is 1. The number of para-hydroxylation sites is 2. The zero-order valence-electron chi connectivity index (χ0n) is 12.0. The van der Waals surface area contributed by atoms with Gasteiger partial charge in [-0.1, -0.05) is 12.1 Å². The number of ether oxygens (including phenoxy) is 1. The summed E-state index contributed by atoms with van der Waals surface area (Å²) in [7, 11) is 0. The van der Waals surface area contributed by atoms with E-state index in [0.717, 1.165) is 29.9 Å². The Balaban J connectivity index is 1.59. The van der Waals surface area contributed by atoms with Gasteiger partial charge in [0.05, 0.1) is 17.6 Å². The Hall–Kier alpha value is -1.88. The molecule has 0 bridgehead atoms. The lowest BCUT2D eigenvalue weighted by atomic mass is 10.1. The number of nitrogens with one attached hydrogen (secondary N) is 2. The van der Waals surface area contributed by atoms with E-state index in [1.165, 1.54) is 19.3 Å². The molecule has 5 heteroatoms. The first-order valence-corrected chi connectivity index (χ1v) is 7.75. The van der Waals surface area contributed by atoms with Gasteiger partial charge >= 0.3 is 0 Å². The normalized spacial score (nSPS) is 21.6. The van der Waals surface area contributed by atoms with Crippen LogP contribution in [0.3, 0.4) is 0 Å². The molecule has 1 aliphatic heterocycles. The van der Waals surface area contributed by atoms with Gasteiger partial charge in [-0.15, -0.1) is 0 Å². The molecule has 1 saturated carbocycles. The quantitative estimate of drug-likeness (QED) is 0.881. The first kappa shape index (κ1) is 12.8. The van der Waals surface area contributed by atoms with Crippen LogP contribution in [0, 0.1) is 5.92 Å². The summed E-state index contributed by atoms with van der Waals surface area (Å²) in [6, 6.07) is 8.48. The van der Waals surface area contributed by atoms with E-state index in [4.69, 9.17) is 4.74 Å². The van der Waals surface area contributed by atoms with Crippen molar-refractivity contribution in [2.75, 3.05) is 25.0 Å². The van der Waals surface area contributed by atoms with Gasteiger partial charge in [0.2, 0.25) is 0 Å². The van der Waals surface area contributed by atoms with Gasteiger partial charge in [-0.2, -0.15) is 0 Å². The van der Waals surface area contributed by atoms with Gasteiger partial charge in [0.15, 0.2) is 5.82 Å². The Labute approximate surface area is 124 Å². The summed E-state index contributed by atoms with van der Waals surface area (Å²) in [6.07, 6.45) is 3.59. The summed E-state index contributed by atoms with van der Waals surface area (Å²) in [5.74, 6) is 2.02. The molecule has 2 N–H and O–H groups in total. The monoisotopic (exact) mass is 284 g/mol. The largest absolute Gasteiger partial charge is 0.475 e. The maximum Gasteiger partial charge on any atom is 0.258 e. The minimum absolute atomic E-state index is 0.538. The number of aromatic nitrogens is 2. The van der Waals surface area contributed by atoms with Crippen molar-refractivity contribution in [1.82, 2.24) is 15.3 Å². The highest BCUT2D eigenvalue weighted by molar-refractivity contribution is 5.77. The SMILES string of the molecule is c1ccc2nc(OC[C@H]3CCNC3)c(NC3CC3)nc2c1. The molecule has 2 aromatic rings. The summed E-state index contributed by atoms with van der Waals surface area (Å²) in [4.78, 5) is 9.34. The van der Waals surface area contributed by atoms with E-state index in [1.54, 1.807) is 0 Å². The lowest BCUT2D eigenvalue weighted by molar-refractivity contribution is 0.252. The smallest absolute Gasteiger partial charge is 0.258 e. The van der Waals surface area contributed by atoms with E-state index in [0.29, 0.717) is 24.4 Å². The molecule has 5 nitrogen and oxygen atoms in total. The fourth-order valence-corrected chi connectivity index (χ4v) is 2.65. The minimum atomic E-state index is 0.538. The number of rotatable bonds is 5. The first-order valence-electron chi connectivity index (χ1n) is 7.75. The van der Waals surface area contributed by atoms with Crippen LogP contribution < -0.4 is 15.4 Å². The van der Waals surface area contributed by atoms with Gasteiger partial charge in [0.25, 0.3) is 5.88 Å². The van der Waals surface area contributed by atoms with Crippen molar-refractivity contribution in [3.05, 3.63) is 24.3 Å². The van der Waals surface area contributed by atoms with Crippen molar-refractivity contribution in [1.29, 1.82) is 0 Å². The fraction of sp³-hybridized carbons (Fsp3) is 0.500. The van der Waals surface area contributed by atoms with Gasteiger partial charge in [-0.05, 0) is 37.9 Å². The van der Waals surface area contributed by atoms with Crippen LogP contribution in [0.5, 0.6) is 5.88 Å². The second kappa shape index (κ2) is 5.48. The standard InChI is InChI=1S/C16H20N4O/c1-2-4-14-13(3-1)19-15(18-12-5-6-12)16(20-14)21-10-11-7-8-17-9-11/h1-4,11-12,17H,5-10H2,(H,18,19)/t11-/m0/s1. The molecule has 0 spiro atoms. The maximum absolute atomic E-state index is 5.98. The van der Waals surface area contributed by atoms with E-state index in [-0.39, 0.29) is 0 Å². The lowest BCUT2D eigenvalue weighted by Gasteiger charge is -2.14. The zero-order chi connectivity index (χ0) is 14.1. The molecule has 0 radical (unpaired) electrons.